The smallest absolute Gasteiger partial charge is 0.261 e. The third-order valence-corrected chi connectivity index (χ3v) is 4.43. The number of rotatable bonds is 5. The largest absolute Gasteiger partial charge is 0.493 e. The summed E-state index contributed by atoms with van der Waals surface area (Å²) in [6.45, 7) is 5.78. The molecule has 0 bridgehead atoms. The number of para-hydroxylation sites is 3. The lowest BCUT2D eigenvalue weighted by atomic mass is 9.89. The molecular weight excluding hydrogens is 330 g/mol. The highest BCUT2D eigenvalue weighted by Crippen LogP contribution is 2.39. The highest BCUT2D eigenvalue weighted by Gasteiger charge is 2.35. The van der Waals surface area contributed by atoms with Crippen LogP contribution in [0.25, 0.3) is 0 Å². The monoisotopic (exact) mass is 355 g/mol. The van der Waals surface area contributed by atoms with E-state index in [1.54, 1.807) is 26.2 Å². The van der Waals surface area contributed by atoms with Crippen molar-refractivity contribution in [2.45, 2.75) is 44.9 Å². The quantitative estimate of drug-likeness (QED) is 0.884. The summed E-state index contributed by atoms with van der Waals surface area (Å²) >= 11 is 0. The summed E-state index contributed by atoms with van der Waals surface area (Å²) in [6.07, 6.45) is 0.0429. The zero-order valence-corrected chi connectivity index (χ0v) is 15.6. The molecule has 0 spiro atoms. The number of carbonyl (C=O) groups excluding carboxylic acids is 1. The van der Waals surface area contributed by atoms with Gasteiger partial charge in [0.05, 0.1) is 13.2 Å². The van der Waals surface area contributed by atoms with Crippen LogP contribution >= 0.6 is 0 Å². The molecule has 1 aliphatic heterocycles. The van der Waals surface area contributed by atoms with Crippen LogP contribution in [-0.4, -0.2) is 24.7 Å². The highest BCUT2D eigenvalue weighted by molar-refractivity contribution is 5.81. The topological polar surface area (TPSA) is 56.8 Å². The molecule has 0 radical (unpaired) electrons. The van der Waals surface area contributed by atoms with Gasteiger partial charge in [-0.05, 0) is 39.0 Å². The van der Waals surface area contributed by atoms with Gasteiger partial charge in [0.15, 0.2) is 17.6 Å². The third-order valence-electron chi connectivity index (χ3n) is 4.43. The molecule has 5 heteroatoms. The molecule has 5 nitrogen and oxygen atoms in total. The second-order valence-electron chi connectivity index (χ2n) is 7.08. The fraction of sp³-hybridized carbons (Fsp3) is 0.381. The molecule has 0 fully saturated rings. The van der Waals surface area contributed by atoms with Crippen molar-refractivity contribution in [3.05, 3.63) is 54.1 Å². The Morgan fingerprint density at radius 1 is 1.15 bits per heavy atom. The lowest BCUT2D eigenvalue weighted by Crippen LogP contribution is -2.44. The minimum Gasteiger partial charge on any atom is -0.493 e. The van der Waals surface area contributed by atoms with Gasteiger partial charge in [0.1, 0.15) is 11.4 Å². The van der Waals surface area contributed by atoms with E-state index in [0.29, 0.717) is 17.9 Å². The molecule has 138 valence electrons. The lowest BCUT2D eigenvalue weighted by molar-refractivity contribution is -0.128. The summed E-state index contributed by atoms with van der Waals surface area (Å²) in [6, 6.07) is 15.0. The van der Waals surface area contributed by atoms with E-state index in [2.05, 4.69) is 5.32 Å². The number of fused-ring (bicyclic) bond motifs is 1. The van der Waals surface area contributed by atoms with Crippen molar-refractivity contribution in [2.24, 2.45) is 0 Å². The standard InChI is InChI=1S/C21H25NO4/c1-14(25-19-12-8-7-11-18(19)24-4)20(23)22-16-13-21(2,3)26-17-10-6-5-9-15(16)17/h5-12,14,16H,13H2,1-4H3,(H,22,23)/t14-,16-/m1/s1. The van der Waals surface area contributed by atoms with Crippen molar-refractivity contribution >= 4 is 5.91 Å². The van der Waals surface area contributed by atoms with E-state index in [1.807, 2.05) is 50.2 Å². The van der Waals surface area contributed by atoms with Crippen LogP contribution < -0.4 is 19.5 Å². The molecule has 2 aromatic rings. The summed E-state index contributed by atoms with van der Waals surface area (Å²) in [5.74, 6) is 1.79. The van der Waals surface area contributed by atoms with Crippen LogP contribution in [0, 0.1) is 0 Å². The molecule has 0 saturated heterocycles. The van der Waals surface area contributed by atoms with Crippen LogP contribution in [0.2, 0.25) is 0 Å². The maximum Gasteiger partial charge on any atom is 0.261 e. The van der Waals surface area contributed by atoms with Gasteiger partial charge in [-0.1, -0.05) is 30.3 Å². The Hall–Kier alpha value is -2.69. The van der Waals surface area contributed by atoms with Gasteiger partial charge in [-0.15, -0.1) is 0 Å². The van der Waals surface area contributed by atoms with Crippen molar-refractivity contribution in [1.29, 1.82) is 0 Å². The van der Waals surface area contributed by atoms with Crippen LogP contribution in [0.15, 0.2) is 48.5 Å². The summed E-state index contributed by atoms with van der Waals surface area (Å²) in [7, 11) is 1.58. The Balaban J connectivity index is 1.73. The van der Waals surface area contributed by atoms with E-state index in [4.69, 9.17) is 14.2 Å². The van der Waals surface area contributed by atoms with Crippen LogP contribution in [-0.2, 0) is 4.79 Å². The first-order valence-corrected chi connectivity index (χ1v) is 8.77. The number of amides is 1. The number of nitrogens with one attached hydrogen (secondary N) is 1. The minimum absolute atomic E-state index is 0.119. The number of hydrogen-bond acceptors (Lipinski definition) is 4. The SMILES string of the molecule is COc1ccccc1O[C@H](C)C(=O)N[C@@H]1CC(C)(C)Oc2ccccc21. The number of benzene rings is 2. The summed E-state index contributed by atoms with van der Waals surface area (Å²) < 4.78 is 17.1. The maximum atomic E-state index is 12.7. The van der Waals surface area contributed by atoms with Crippen LogP contribution in [0.5, 0.6) is 17.2 Å². The van der Waals surface area contributed by atoms with E-state index >= 15 is 0 Å². The Morgan fingerprint density at radius 2 is 1.81 bits per heavy atom. The molecule has 1 aliphatic rings. The van der Waals surface area contributed by atoms with Crippen LogP contribution in [0.3, 0.4) is 0 Å². The molecule has 0 saturated carbocycles. The van der Waals surface area contributed by atoms with Crippen LogP contribution in [0.4, 0.5) is 0 Å². The molecule has 1 heterocycles. The predicted molar refractivity (Wildman–Crippen MR) is 99.7 cm³/mol. The summed E-state index contributed by atoms with van der Waals surface area (Å²) in [5, 5.41) is 3.10. The Bertz CT molecular complexity index is 787. The molecule has 0 aromatic heterocycles. The third kappa shape index (κ3) is 3.93. The average Bonchev–Trinajstić information content (AvgIpc) is 2.61. The number of hydrogen-bond donors (Lipinski definition) is 1. The molecule has 3 rings (SSSR count). The van der Waals surface area contributed by atoms with Gasteiger partial charge >= 0.3 is 0 Å². The van der Waals surface area contributed by atoms with Crippen molar-refractivity contribution in [3.63, 3.8) is 0 Å². The van der Waals surface area contributed by atoms with Gasteiger partial charge in [0.25, 0.3) is 5.91 Å². The zero-order chi connectivity index (χ0) is 18.7. The van der Waals surface area contributed by atoms with Gasteiger partial charge in [-0.25, -0.2) is 0 Å². The Kier molecular flexibility index (Phi) is 5.07. The fourth-order valence-corrected chi connectivity index (χ4v) is 3.18. The molecule has 1 N–H and O–H groups in total. The molecule has 2 aromatic carbocycles. The van der Waals surface area contributed by atoms with E-state index in [-0.39, 0.29) is 17.6 Å². The molecular formula is C21H25NO4. The first kappa shape index (κ1) is 18.1. The van der Waals surface area contributed by atoms with Gasteiger partial charge < -0.3 is 19.5 Å². The van der Waals surface area contributed by atoms with Gasteiger partial charge in [0, 0.05) is 12.0 Å². The Labute approximate surface area is 154 Å². The summed E-state index contributed by atoms with van der Waals surface area (Å²) in [4.78, 5) is 12.7. The Morgan fingerprint density at radius 3 is 2.54 bits per heavy atom. The lowest BCUT2D eigenvalue weighted by Gasteiger charge is -2.38. The highest BCUT2D eigenvalue weighted by atomic mass is 16.5. The first-order chi connectivity index (χ1) is 12.4. The molecule has 26 heavy (non-hydrogen) atoms. The van der Waals surface area contributed by atoms with E-state index in [9.17, 15) is 4.79 Å². The maximum absolute atomic E-state index is 12.7. The van der Waals surface area contributed by atoms with Crippen molar-refractivity contribution in [3.8, 4) is 17.2 Å². The number of ether oxygens (including phenoxy) is 3. The second kappa shape index (κ2) is 7.28. The average molecular weight is 355 g/mol. The van der Waals surface area contributed by atoms with Crippen molar-refractivity contribution in [1.82, 2.24) is 5.32 Å². The molecule has 2 atom stereocenters. The predicted octanol–water partition coefficient (Wildman–Crippen LogP) is 3.88. The molecule has 1 amide bonds. The van der Waals surface area contributed by atoms with E-state index in [0.717, 1.165) is 11.3 Å². The van der Waals surface area contributed by atoms with Gasteiger partial charge in [0.2, 0.25) is 0 Å². The van der Waals surface area contributed by atoms with E-state index in [1.165, 1.54) is 0 Å². The second-order valence-corrected chi connectivity index (χ2v) is 7.08. The van der Waals surface area contributed by atoms with Gasteiger partial charge in [-0.2, -0.15) is 0 Å². The van der Waals surface area contributed by atoms with Crippen LogP contribution in [0.1, 0.15) is 38.8 Å². The zero-order valence-electron chi connectivity index (χ0n) is 15.6. The normalized spacial score (nSPS) is 18.8. The summed E-state index contributed by atoms with van der Waals surface area (Å²) in [5.41, 5.74) is 0.642. The van der Waals surface area contributed by atoms with Gasteiger partial charge in [-0.3, -0.25) is 4.79 Å². The molecule has 0 aliphatic carbocycles. The molecule has 0 unspecified atom stereocenters. The minimum atomic E-state index is -0.649. The van der Waals surface area contributed by atoms with Crippen molar-refractivity contribution in [2.75, 3.05) is 7.11 Å². The van der Waals surface area contributed by atoms with Crippen molar-refractivity contribution < 1.29 is 19.0 Å². The first-order valence-electron chi connectivity index (χ1n) is 8.77. The number of methoxy groups -OCH3 is 1. The number of carbonyl (C=O) groups is 1. The fourth-order valence-electron chi connectivity index (χ4n) is 3.18. The van der Waals surface area contributed by atoms with E-state index < -0.39 is 6.10 Å².